The molecule has 0 saturated carbocycles. The summed E-state index contributed by atoms with van der Waals surface area (Å²) in [7, 11) is 0. The Balaban J connectivity index is 2.45. The number of aryl methyl sites for hydroxylation is 2. The molecule has 0 saturated heterocycles. The Morgan fingerprint density at radius 1 is 1.30 bits per heavy atom. The van der Waals surface area contributed by atoms with Crippen molar-refractivity contribution < 1.29 is 4.42 Å². The van der Waals surface area contributed by atoms with Crippen LogP contribution in [0.1, 0.15) is 51.0 Å². The number of hydrogen-bond donors (Lipinski definition) is 2. The summed E-state index contributed by atoms with van der Waals surface area (Å²) in [5.41, 5.74) is 0.935. The highest BCUT2D eigenvalue weighted by molar-refractivity contribution is 5.79. The third-order valence-electron chi connectivity index (χ3n) is 3.04. The number of nitrogens with one attached hydrogen (secondary N) is 2. The van der Waals surface area contributed by atoms with Crippen molar-refractivity contribution in [1.29, 1.82) is 0 Å². The minimum atomic E-state index is 0.466. The van der Waals surface area contributed by atoms with Crippen LogP contribution >= 0.6 is 0 Å². The molecule has 1 heterocycles. The molecule has 0 radical (unpaired) electrons. The molecule has 0 unspecified atom stereocenters. The molecule has 114 valence electrons. The van der Waals surface area contributed by atoms with Crippen molar-refractivity contribution in [2.45, 2.75) is 54.0 Å². The Hall–Kier alpha value is -1.52. The average Bonchev–Trinajstić information content (AvgIpc) is 2.70. The van der Waals surface area contributed by atoms with E-state index in [2.05, 4.69) is 41.4 Å². The first-order valence-electron chi connectivity index (χ1n) is 7.48. The van der Waals surface area contributed by atoms with Gasteiger partial charge in [-0.15, -0.1) is 0 Å². The smallest absolute Gasteiger partial charge is 0.216 e. The van der Waals surface area contributed by atoms with Gasteiger partial charge in [0, 0.05) is 13.1 Å². The Morgan fingerprint density at radius 2 is 2.05 bits per heavy atom. The van der Waals surface area contributed by atoms with Crippen molar-refractivity contribution >= 4 is 5.96 Å². The lowest BCUT2D eigenvalue weighted by Crippen LogP contribution is -2.37. The Bertz CT molecular complexity index is 404. The quantitative estimate of drug-likeness (QED) is 0.458. The minimum Gasteiger partial charge on any atom is -0.444 e. The molecular weight excluding hydrogens is 252 g/mol. The van der Waals surface area contributed by atoms with E-state index in [4.69, 9.17) is 4.42 Å². The highest BCUT2D eigenvalue weighted by Crippen LogP contribution is 2.08. The maximum absolute atomic E-state index is 5.53. The van der Waals surface area contributed by atoms with Crippen LogP contribution in [0.3, 0.4) is 0 Å². The van der Waals surface area contributed by atoms with E-state index in [0.29, 0.717) is 12.4 Å². The van der Waals surface area contributed by atoms with Crippen LogP contribution in [0.2, 0.25) is 0 Å². The predicted octanol–water partition coefficient (Wildman–Crippen LogP) is 2.78. The van der Waals surface area contributed by atoms with Gasteiger partial charge in [-0.2, -0.15) is 0 Å². The lowest BCUT2D eigenvalue weighted by molar-refractivity contribution is 0.472. The highest BCUT2D eigenvalue weighted by Gasteiger charge is 2.05. The molecule has 0 aliphatic heterocycles. The van der Waals surface area contributed by atoms with Crippen molar-refractivity contribution in [2.24, 2.45) is 10.9 Å². The standard InChI is InChI=1S/C15H28N4O/c1-6-16-15(17-9-7-8-11(2)3)18-10-14-19-12(4)13(5)20-14/h11H,6-10H2,1-5H3,(H2,16,17,18). The zero-order chi connectivity index (χ0) is 15.0. The Kier molecular flexibility index (Phi) is 7.12. The van der Waals surface area contributed by atoms with Crippen LogP contribution in [0.5, 0.6) is 0 Å². The molecule has 0 aromatic carbocycles. The van der Waals surface area contributed by atoms with Gasteiger partial charge in [-0.05, 0) is 39.5 Å². The van der Waals surface area contributed by atoms with Gasteiger partial charge in [0.2, 0.25) is 5.89 Å². The molecule has 5 nitrogen and oxygen atoms in total. The number of oxazole rings is 1. The molecule has 1 aromatic heterocycles. The number of nitrogens with zero attached hydrogens (tertiary/aromatic N) is 2. The minimum absolute atomic E-state index is 0.466. The topological polar surface area (TPSA) is 62.5 Å². The maximum atomic E-state index is 5.53. The van der Waals surface area contributed by atoms with Gasteiger partial charge in [0.25, 0.3) is 0 Å². The van der Waals surface area contributed by atoms with Crippen LogP contribution in [-0.4, -0.2) is 24.0 Å². The molecule has 0 bridgehead atoms. The highest BCUT2D eigenvalue weighted by atomic mass is 16.4. The zero-order valence-corrected chi connectivity index (χ0v) is 13.4. The second-order valence-corrected chi connectivity index (χ2v) is 5.41. The van der Waals surface area contributed by atoms with E-state index in [0.717, 1.165) is 42.8 Å². The van der Waals surface area contributed by atoms with Gasteiger partial charge in [0.15, 0.2) is 5.96 Å². The first kappa shape index (κ1) is 16.5. The first-order valence-corrected chi connectivity index (χ1v) is 7.48. The van der Waals surface area contributed by atoms with Crippen LogP contribution < -0.4 is 10.6 Å². The van der Waals surface area contributed by atoms with Crippen LogP contribution in [0, 0.1) is 19.8 Å². The van der Waals surface area contributed by atoms with Crippen LogP contribution in [0.25, 0.3) is 0 Å². The zero-order valence-electron chi connectivity index (χ0n) is 13.4. The molecule has 1 rings (SSSR count). The van der Waals surface area contributed by atoms with Gasteiger partial charge >= 0.3 is 0 Å². The van der Waals surface area contributed by atoms with Gasteiger partial charge < -0.3 is 15.1 Å². The Labute approximate surface area is 122 Å². The fourth-order valence-corrected chi connectivity index (χ4v) is 1.81. The lowest BCUT2D eigenvalue weighted by Gasteiger charge is -2.11. The summed E-state index contributed by atoms with van der Waals surface area (Å²) < 4.78 is 5.53. The van der Waals surface area contributed by atoms with Crippen molar-refractivity contribution in [1.82, 2.24) is 15.6 Å². The molecule has 0 fully saturated rings. The van der Waals surface area contributed by atoms with E-state index < -0.39 is 0 Å². The van der Waals surface area contributed by atoms with E-state index in [1.807, 2.05) is 13.8 Å². The molecule has 0 aliphatic rings. The first-order chi connectivity index (χ1) is 9.52. The summed E-state index contributed by atoms with van der Waals surface area (Å²) in [6.07, 6.45) is 2.38. The van der Waals surface area contributed by atoms with Gasteiger partial charge in [-0.3, -0.25) is 0 Å². The van der Waals surface area contributed by atoms with Crippen LogP contribution in [0.4, 0.5) is 0 Å². The normalized spacial score (nSPS) is 12.0. The summed E-state index contributed by atoms with van der Waals surface area (Å²) in [4.78, 5) is 8.83. The summed E-state index contributed by atoms with van der Waals surface area (Å²) in [5, 5.41) is 6.57. The van der Waals surface area contributed by atoms with E-state index >= 15 is 0 Å². The van der Waals surface area contributed by atoms with Crippen molar-refractivity contribution in [3.8, 4) is 0 Å². The second kappa shape index (κ2) is 8.61. The van der Waals surface area contributed by atoms with Crippen molar-refractivity contribution in [3.05, 3.63) is 17.3 Å². The van der Waals surface area contributed by atoms with Gasteiger partial charge in [-0.25, -0.2) is 9.98 Å². The number of hydrogen-bond acceptors (Lipinski definition) is 3. The van der Waals surface area contributed by atoms with E-state index in [-0.39, 0.29) is 0 Å². The van der Waals surface area contributed by atoms with E-state index in [9.17, 15) is 0 Å². The fourth-order valence-electron chi connectivity index (χ4n) is 1.81. The van der Waals surface area contributed by atoms with E-state index in [1.165, 1.54) is 6.42 Å². The SMILES string of the molecule is CCNC(=NCc1nc(C)c(C)o1)NCCCC(C)C. The molecule has 0 aliphatic carbocycles. The summed E-state index contributed by atoms with van der Waals surface area (Å²) >= 11 is 0. The molecule has 5 heteroatoms. The summed E-state index contributed by atoms with van der Waals surface area (Å²) in [6.45, 7) is 12.7. The molecule has 0 atom stereocenters. The van der Waals surface area contributed by atoms with Gasteiger partial charge in [-0.1, -0.05) is 13.8 Å². The molecule has 0 spiro atoms. The predicted molar refractivity (Wildman–Crippen MR) is 82.9 cm³/mol. The molecule has 20 heavy (non-hydrogen) atoms. The number of rotatable bonds is 7. The average molecular weight is 280 g/mol. The largest absolute Gasteiger partial charge is 0.444 e. The molecule has 2 N–H and O–H groups in total. The number of guanidine groups is 1. The van der Waals surface area contributed by atoms with E-state index in [1.54, 1.807) is 0 Å². The summed E-state index contributed by atoms with van der Waals surface area (Å²) in [6, 6.07) is 0. The number of aliphatic imine (C=N–C) groups is 1. The third kappa shape index (κ3) is 6.08. The van der Waals surface area contributed by atoms with Crippen LogP contribution in [0.15, 0.2) is 9.41 Å². The molecular formula is C15H28N4O. The summed E-state index contributed by atoms with van der Waals surface area (Å²) in [5.74, 6) is 3.10. The molecule has 1 aromatic rings. The number of aromatic nitrogens is 1. The fraction of sp³-hybridized carbons (Fsp3) is 0.733. The van der Waals surface area contributed by atoms with Gasteiger partial charge in [0.1, 0.15) is 12.3 Å². The van der Waals surface area contributed by atoms with Crippen molar-refractivity contribution in [3.63, 3.8) is 0 Å². The molecule has 0 amide bonds. The third-order valence-corrected chi connectivity index (χ3v) is 3.04. The second-order valence-electron chi connectivity index (χ2n) is 5.41. The lowest BCUT2D eigenvalue weighted by atomic mass is 10.1. The van der Waals surface area contributed by atoms with Crippen molar-refractivity contribution in [2.75, 3.05) is 13.1 Å². The van der Waals surface area contributed by atoms with Crippen LogP contribution in [-0.2, 0) is 6.54 Å². The van der Waals surface area contributed by atoms with Gasteiger partial charge in [0.05, 0.1) is 5.69 Å². The monoisotopic (exact) mass is 280 g/mol. The maximum Gasteiger partial charge on any atom is 0.216 e. The Morgan fingerprint density at radius 3 is 2.60 bits per heavy atom.